The molecule has 0 radical (unpaired) electrons. The molecular weight excluding hydrogens is 364 g/mol. The molecule has 0 heterocycles. The minimum atomic E-state index is -1.22. The van der Waals surface area contributed by atoms with Crippen molar-refractivity contribution in [2.45, 2.75) is 18.9 Å². The monoisotopic (exact) mass is 384 g/mol. The van der Waals surface area contributed by atoms with E-state index >= 15 is 0 Å². The Bertz CT molecular complexity index is 852. The minimum absolute atomic E-state index is 0.0771. The number of nitrogens with one attached hydrogen (secondary N) is 2. The number of hydrogen-bond acceptors (Lipinski definition) is 5. The number of fused-ring (bicyclic) bond motifs is 3. The van der Waals surface area contributed by atoms with Gasteiger partial charge in [-0.2, -0.15) is 0 Å². The third-order valence-electron chi connectivity index (χ3n) is 4.43. The fraction of sp³-hybridized carbons (Fsp3) is 0.250. The van der Waals surface area contributed by atoms with Crippen LogP contribution in [-0.4, -0.2) is 42.3 Å². The van der Waals surface area contributed by atoms with Gasteiger partial charge in [0.25, 0.3) is 5.91 Å². The lowest BCUT2D eigenvalue weighted by molar-refractivity contribution is -0.158. The lowest BCUT2D eigenvalue weighted by Gasteiger charge is -2.14. The molecule has 28 heavy (non-hydrogen) atoms. The molecule has 2 amide bonds. The first-order chi connectivity index (χ1) is 13.5. The maximum absolute atomic E-state index is 11.9. The largest absolute Gasteiger partial charge is 0.479 e. The Labute approximate surface area is 161 Å². The van der Waals surface area contributed by atoms with Crippen molar-refractivity contribution in [1.82, 2.24) is 10.8 Å². The molecular formula is C20H20N2O6. The van der Waals surface area contributed by atoms with Gasteiger partial charge in [-0.25, -0.2) is 15.1 Å². The molecule has 3 rings (SSSR count). The Morgan fingerprint density at radius 3 is 2.18 bits per heavy atom. The topological polar surface area (TPSA) is 114 Å². The molecule has 1 aliphatic carbocycles. The number of carboxylic acid groups (broad SMARTS) is 1. The molecule has 1 aliphatic rings. The smallest absolute Gasteiger partial charge is 0.407 e. The van der Waals surface area contributed by atoms with Crippen LogP contribution in [0.3, 0.4) is 0 Å². The van der Waals surface area contributed by atoms with Crippen molar-refractivity contribution in [3.05, 3.63) is 59.7 Å². The predicted octanol–water partition coefficient (Wildman–Crippen LogP) is 2.05. The Kier molecular flexibility index (Phi) is 5.90. The van der Waals surface area contributed by atoms with E-state index in [9.17, 15) is 14.4 Å². The molecule has 0 aliphatic heterocycles. The molecule has 2 aromatic rings. The third-order valence-corrected chi connectivity index (χ3v) is 4.43. The number of aliphatic carboxylic acids is 1. The summed E-state index contributed by atoms with van der Waals surface area (Å²) >= 11 is 0. The molecule has 3 N–H and O–H groups in total. The van der Waals surface area contributed by atoms with Gasteiger partial charge in [0, 0.05) is 5.92 Å². The average molecular weight is 384 g/mol. The molecule has 0 spiro atoms. The zero-order valence-electron chi connectivity index (χ0n) is 15.2. The third kappa shape index (κ3) is 4.29. The van der Waals surface area contributed by atoms with E-state index in [0.717, 1.165) is 22.3 Å². The molecule has 146 valence electrons. The molecule has 0 saturated carbocycles. The average Bonchev–Trinajstić information content (AvgIpc) is 3.02. The molecule has 1 atom stereocenters. The van der Waals surface area contributed by atoms with Crippen LogP contribution in [0.5, 0.6) is 0 Å². The minimum Gasteiger partial charge on any atom is -0.479 e. The van der Waals surface area contributed by atoms with Crippen molar-refractivity contribution < 1.29 is 29.1 Å². The summed E-state index contributed by atoms with van der Waals surface area (Å²) in [5, 5.41) is 11.0. The summed E-state index contributed by atoms with van der Waals surface area (Å²) in [4.78, 5) is 38.7. The van der Waals surface area contributed by atoms with Crippen molar-refractivity contribution in [3.8, 4) is 11.1 Å². The second kappa shape index (κ2) is 8.53. The van der Waals surface area contributed by atoms with Crippen LogP contribution in [0, 0.1) is 0 Å². The van der Waals surface area contributed by atoms with Gasteiger partial charge in [-0.3, -0.25) is 9.63 Å². The first kappa shape index (κ1) is 19.4. The summed E-state index contributed by atoms with van der Waals surface area (Å²) in [6.45, 7) is 0.999. The SMILES string of the molecule is CC(ONC(=O)CNC(=O)OCC1c2ccccc2-c2ccccc21)C(=O)O. The number of carbonyl (C=O) groups excluding carboxylic acids is 2. The summed E-state index contributed by atoms with van der Waals surface area (Å²) < 4.78 is 5.29. The van der Waals surface area contributed by atoms with E-state index in [2.05, 4.69) is 10.2 Å². The zero-order valence-corrected chi connectivity index (χ0v) is 15.2. The quantitative estimate of drug-likeness (QED) is 0.630. The molecule has 8 heteroatoms. The van der Waals surface area contributed by atoms with Crippen LogP contribution in [0.1, 0.15) is 24.0 Å². The lowest BCUT2D eigenvalue weighted by atomic mass is 9.98. The predicted molar refractivity (Wildman–Crippen MR) is 99.4 cm³/mol. The highest BCUT2D eigenvalue weighted by Crippen LogP contribution is 2.44. The van der Waals surface area contributed by atoms with Crippen LogP contribution in [0.15, 0.2) is 48.5 Å². The number of benzene rings is 2. The normalized spacial score (nSPS) is 13.2. The Morgan fingerprint density at radius 2 is 1.61 bits per heavy atom. The van der Waals surface area contributed by atoms with Gasteiger partial charge in [-0.05, 0) is 29.2 Å². The first-order valence-electron chi connectivity index (χ1n) is 8.73. The Hall–Kier alpha value is -3.39. The van der Waals surface area contributed by atoms with Crippen LogP contribution >= 0.6 is 0 Å². The molecule has 0 saturated heterocycles. The van der Waals surface area contributed by atoms with Crippen molar-refractivity contribution in [3.63, 3.8) is 0 Å². The van der Waals surface area contributed by atoms with E-state index in [-0.39, 0.29) is 12.5 Å². The highest BCUT2D eigenvalue weighted by atomic mass is 16.7. The number of ether oxygens (including phenoxy) is 1. The summed E-state index contributed by atoms with van der Waals surface area (Å²) in [7, 11) is 0. The van der Waals surface area contributed by atoms with Gasteiger partial charge < -0.3 is 15.2 Å². The van der Waals surface area contributed by atoms with Gasteiger partial charge in [0.2, 0.25) is 0 Å². The van der Waals surface area contributed by atoms with E-state index < -0.39 is 30.6 Å². The summed E-state index contributed by atoms with van der Waals surface area (Å²) in [5.74, 6) is -1.99. The number of alkyl carbamates (subject to hydrolysis) is 1. The van der Waals surface area contributed by atoms with E-state index in [4.69, 9.17) is 9.84 Å². The maximum atomic E-state index is 11.9. The molecule has 0 fully saturated rings. The van der Waals surface area contributed by atoms with Crippen LogP contribution in [-0.2, 0) is 19.2 Å². The number of carbonyl (C=O) groups is 3. The second-order valence-corrected chi connectivity index (χ2v) is 6.30. The molecule has 1 unspecified atom stereocenters. The van der Waals surface area contributed by atoms with Gasteiger partial charge in [0.05, 0.1) is 0 Å². The van der Waals surface area contributed by atoms with Crippen LogP contribution in [0.25, 0.3) is 11.1 Å². The van der Waals surface area contributed by atoms with Gasteiger partial charge in [-0.15, -0.1) is 0 Å². The lowest BCUT2D eigenvalue weighted by Crippen LogP contribution is -2.40. The molecule has 0 aromatic heterocycles. The Balaban J connectivity index is 1.51. The van der Waals surface area contributed by atoms with Crippen LogP contribution in [0.2, 0.25) is 0 Å². The Morgan fingerprint density at radius 1 is 1.04 bits per heavy atom. The van der Waals surface area contributed by atoms with E-state index in [1.807, 2.05) is 54.0 Å². The first-order valence-corrected chi connectivity index (χ1v) is 8.73. The highest BCUT2D eigenvalue weighted by molar-refractivity contribution is 5.82. The highest BCUT2D eigenvalue weighted by Gasteiger charge is 2.29. The zero-order chi connectivity index (χ0) is 20.1. The fourth-order valence-corrected chi connectivity index (χ4v) is 3.04. The molecule has 8 nitrogen and oxygen atoms in total. The van der Waals surface area contributed by atoms with Crippen LogP contribution in [0.4, 0.5) is 4.79 Å². The van der Waals surface area contributed by atoms with Crippen molar-refractivity contribution in [1.29, 1.82) is 0 Å². The van der Waals surface area contributed by atoms with E-state index in [0.29, 0.717) is 0 Å². The van der Waals surface area contributed by atoms with Gasteiger partial charge in [0.15, 0.2) is 6.10 Å². The van der Waals surface area contributed by atoms with Crippen LogP contribution < -0.4 is 10.8 Å². The maximum Gasteiger partial charge on any atom is 0.407 e. The van der Waals surface area contributed by atoms with Crippen molar-refractivity contribution in [2.75, 3.05) is 13.2 Å². The van der Waals surface area contributed by atoms with E-state index in [1.165, 1.54) is 6.92 Å². The number of hydroxylamine groups is 1. The fourth-order valence-electron chi connectivity index (χ4n) is 3.04. The number of hydrogen-bond donors (Lipinski definition) is 3. The number of rotatable bonds is 7. The molecule has 0 bridgehead atoms. The number of amides is 2. The summed E-state index contributed by atoms with van der Waals surface area (Å²) in [5.41, 5.74) is 6.37. The van der Waals surface area contributed by atoms with Crippen molar-refractivity contribution in [2.24, 2.45) is 0 Å². The number of carboxylic acids is 1. The standard InChI is InChI=1S/C20H20N2O6/c1-12(19(24)25)28-22-18(23)10-21-20(26)27-11-17-15-8-4-2-6-13(15)14-7-3-5-9-16(14)17/h2-9,12,17H,10-11H2,1H3,(H,21,26)(H,22,23)(H,24,25). The molecule has 2 aromatic carbocycles. The van der Waals surface area contributed by atoms with Crippen molar-refractivity contribution >= 4 is 18.0 Å². The van der Waals surface area contributed by atoms with Gasteiger partial charge in [-0.1, -0.05) is 48.5 Å². The van der Waals surface area contributed by atoms with Gasteiger partial charge in [0.1, 0.15) is 13.2 Å². The summed E-state index contributed by atoms with van der Waals surface area (Å²) in [6, 6.07) is 15.9. The van der Waals surface area contributed by atoms with E-state index in [1.54, 1.807) is 0 Å². The summed E-state index contributed by atoms with van der Waals surface area (Å²) in [6.07, 6.45) is -1.94. The van der Waals surface area contributed by atoms with Gasteiger partial charge >= 0.3 is 12.1 Å². The second-order valence-electron chi connectivity index (χ2n) is 6.30.